The third-order valence-corrected chi connectivity index (χ3v) is 3.14. The normalized spacial score (nSPS) is 10.4. The second-order valence-corrected chi connectivity index (χ2v) is 4.57. The van der Waals surface area contributed by atoms with Crippen LogP contribution < -0.4 is 4.90 Å². The molecule has 0 radical (unpaired) electrons. The van der Waals surface area contributed by atoms with Crippen LogP contribution in [-0.2, 0) is 11.9 Å². The molecule has 0 aliphatic heterocycles. The van der Waals surface area contributed by atoms with E-state index in [2.05, 4.69) is 25.9 Å². The van der Waals surface area contributed by atoms with Crippen molar-refractivity contribution in [3.05, 3.63) is 53.6 Å². The lowest BCUT2D eigenvalue weighted by Gasteiger charge is -2.16. The summed E-state index contributed by atoms with van der Waals surface area (Å²) in [5, 5.41) is 0.737. The van der Waals surface area contributed by atoms with Crippen molar-refractivity contribution >= 4 is 21.9 Å². The van der Waals surface area contributed by atoms with Gasteiger partial charge in [0.1, 0.15) is 5.82 Å². The molecule has 0 aliphatic carbocycles. The van der Waals surface area contributed by atoms with E-state index in [0.717, 1.165) is 16.5 Å². The van der Waals surface area contributed by atoms with Gasteiger partial charge < -0.3 is 4.90 Å². The van der Waals surface area contributed by atoms with E-state index in [9.17, 15) is 4.39 Å². The van der Waals surface area contributed by atoms with Gasteiger partial charge in [0.05, 0.1) is 0 Å². The van der Waals surface area contributed by atoms with Crippen LogP contribution in [0.2, 0.25) is 0 Å². The highest BCUT2D eigenvalue weighted by molar-refractivity contribution is 9.08. The average molecular weight is 310 g/mol. The average Bonchev–Trinajstić information content (AvgIpc) is 2.39. The number of rotatable bonds is 4. The lowest BCUT2D eigenvalue weighted by Crippen LogP contribution is -2.19. The van der Waals surface area contributed by atoms with Crippen LogP contribution in [0.15, 0.2) is 36.7 Å². The van der Waals surface area contributed by atoms with Gasteiger partial charge in [0.15, 0.2) is 0 Å². The summed E-state index contributed by atoms with van der Waals surface area (Å²) in [5.41, 5.74) is 1.92. The Morgan fingerprint density at radius 2 is 1.94 bits per heavy atom. The maximum atomic E-state index is 13.1. The number of hydrogen-bond donors (Lipinski definition) is 0. The van der Waals surface area contributed by atoms with E-state index in [-0.39, 0.29) is 5.82 Å². The standard InChI is InChI=1S/C13H13BrFN3/c1-18(9-10-3-2-4-12(15)5-10)13-16-7-11(6-14)8-17-13/h2-5,7-8H,6,9H2,1H3. The summed E-state index contributed by atoms with van der Waals surface area (Å²) in [6, 6.07) is 6.54. The van der Waals surface area contributed by atoms with Crippen molar-refractivity contribution in [1.29, 1.82) is 0 Å². The number of halogens is 2. The van der Waals surface area contributed by atoms with Crippen molar-refractivity contribution in [2.45, 2.75) is 11.9 Å². The highest BCUT2D eigenvalue weighted by Crippen LogP contribution is 2.12. The fraction of sp³-hybridized carbons (Fsp3) is 0.231. The Morgan fingerprint density at radius 1 is 1.22 bits per heavy atom. The minimum atomic E-state index is -0.226. The maximum Gasteiger partial charge on any atom is 0.225 e. The van der Waals surface area contributed by atoms with E-state index in [0.29, 0.717) is 12.5 Å². The first-order valence-electron chi connectivity index (χ1n) is 5.51. The third kappa shape index (κ3) is 3.26. The Balaban J connectivity index is 2.09. The zero-order chi connectivity index (χ0) is 13.0. The number of alkyl halides is 1. The highest BCUT2D eigenvalue weighted by atomic mass is 79.9. The largest absolute Gasteiger partial charge is 0.340 e. The van der Waals surface area contributed by atoms with Gasteiger partial charge in [-0.05, 0) is 23.3 Å². The Morgan fingerprint density at radius 3 is 2.56 bits per heavy atom. The summed E-state index contributed by atoms with van der Waals surface area (Å²) in [7, 11) is 1.88. The van der Waals surface area contributed by atoms with Gasteiger partial charge in [-0.3, -0.25) is 0 Å². The molecular formula is C13H13BrFN3. The fourth-order valence-electron chi connectivity index (χ4n) is 1.59. The van der Waals surface area contributed by atoms with Crippen LogP contribution >= 0.6 is 15.9 Å². The topological polar surface area (TPSA) is 29.0 Å². The van der Waals surface area contributed by atoms with E-state index in [1.165, 1.54) is 12.1 Å². The lowest BCUT2D eigenvalue weighted by molar-refractivity contribution is 0.625. The minimum absolute atomic E-state index is 0.226. The molecule has 0 saturated carbocycles. The molecule has 2 aromatic rings. The second kappa shape index (κ2) is 5.91. The van der Waals surface area contributed by atoms with Crippen molar-refractivity contribution in [2.75, 3.05) is 11.9 Å². The summed E-state index contributed by atoms with van der Waals surface area (Å²) >= 11 is 3.35. The Kier molecular flexibility index (Phi) is 4.25. The summed E-state index contributed by atoms with van der Waals surface area (Å²) in [6.07, 6.45) is 3.55. The van der Waals surface area contributed by atoms with E-state index >= 15 is 0 Å². The van der Waals surface area contributed by atoms with Crippen LogP contribution in [0.3, 0.4) is 0 Å². The number of benzene rings is 1. The zero-order valence-corrected chi connectivity index (χ0v) is 11.6. The van der Waals surface area contributed by atoms with E-state index in [1.807, 2.05) is 18.0 Å². The number of aromatic nitrogens is 2. The van der Waals surface area contributed by atoms with E-state index < -0.39 is 0 Å². The molecule has 0 saturated heterocycles. The predicted octanol–water partition coefficient (Wildman–Crippen LogP) is 3.15. The van der Waals surface area contributed by atoms with E-state index in [1.54, 1.807) is 18.5 Å². The number of anilines is 1. The Bertz CT molecular complexity index is 516. The molecule has 2 rings (SSSR count). The Labute approximate surface area is 114 Å². The molecule has 0 spiro atoms. The summed E-state index contributed by atoms with van der Waals surface area (Å²) in [4.78, 5) is 10.4. The molecule has 0 N–H and O–H groups in total. The van der Waals surface area contributed by atoms with Gasteiger partial charge in [-0.25, -0.2) is 14.4 Å². The SMILES string of the molecule is CN(Cc1cccc(F)c1)c1ncc(CBr)cn1. The molecule has 94 valence electrons. The van der Waals surface area contributed by atoms with E-state index in [4.69, 9.17) is 0 Å². The van der Waals surface area contributed by atoms with Crippen LogP contribution in [0, 0.1) is 5.82 Å². The number of hydrogen-bond acceptors (Lipinski definition) is 3. The van der Waals surface area contributed by atoms with Gasteiger partial charge in [0.2, 0.25) is 5.95 Å². The molecule has 1 heterocycles. The monoisotopic (exact) mass is 309 g/mol. The Hall–Kier alpha value is -1.49. The molecule has 1 aromatic heterocycles. The molecule has 0 unspecified atom stereocenters. The zero-order valence-electron chi connectivity index (χ0n) is 9.98. The van der Waals surface area contributed by atoms with Crippen LogP contribution in [0.4, 0.5) is 10.3 Å². The first-order valence-corrected chi connectivity index (χ1v) is 6.63. The van der Waals surface area contributed by atoms with Crippen LogP contribution in [0.1, 0.15) is 11.1 Å². The number of nitrogens with zero attached hydrogens (tertiary/aromatic N) is 3. The summed E-state index contributed by atoms with van der Waals surface area (Å²) < 4.78 is 13.1. The molecule has 5 heteroatoms. The van der Waals surface area contributed by atoms with Crippen molar-refractivity contribution in [3.8, 4) is 0 Å². The van der Waals surface area contributed by atoms with Gasteiger partial charge in [-0.15, -0.1) is 0 Å². The maximum absolute atomic E-state index is 13.1. The van der Waals surface area contributed by atoms with Gasteiger partial charge in [-0.2, -0.15) is 0 Å². The van der Waals surface area contributed by atoms with Crippen molar-refractivity contribution in [3.63, 3.8) is 0 Å². The molecule has 0 fully saturated rings. The highest BCUT2D eigenvalue weighted by Gasteiger charge is 2.05. The quantitative estimate of drug-likeness (QED) is 0.812. The molecule has 1 aromatic carbocycles. The molecule has 0 amide bonds. The van der Waals surface area contributed by atoms with Gasteiger partial charge in [-0.1, -0.05) is 28.1 Å². The first-order chi connectivity index (χ1) is 8.69. The van der Waals surface area contributed by atoms with Crippen molar-refractivity contribution in [1.82, 2.24) is 9.97 Å². The molecule has 0 atom stereocenters. The third-order valence-electron chi connectivity index (χ3n) is 2.50. The fourth-order valence-corrected chi connectivity index (χ4v) is 1.88. The second-order valence-electron chi connectivity index (χ2n) is 4.01. The van der Waals surface area contributed by atoms with Gasteiger partial charge >= 0.3 is 0 Å². The van der Waals surface area contributed by atoms with Crippen molar-refractivity contribution in [2.24, 2.45) is 0 Å². The van der Waals surface area contributed by atoms with Gasteiger partial charge in [0, 0.05) is 31.3 Å². The molecule has 3 nitrogen and oxygen atoms in total. The summed E-state index contributed by atoms with van der Waals surface area (Å²) in [6.45, 7) is 0.575. The lowest BCUT2D eigenvalue weighted by atomic mass is 10.2. The molecule has 0 bridgehead atoms. The van der Waals surface area contributed by atoms with Crippen molar-refractivity contribution < 1.29 is 4.39 Å². The molecule has 18 heavy (non-hydrogen) atoms. The van der Waals surface area contributed by atoms with Crippen LogP contribution in [-0.4, -0.2) is 17.0 Å². The van der Waals surface area contributed by atoms with Crippen LogP contribution in [0.5, 0.6) is 0 Å². The summed E-state index contributed by atoms with van der Waals surface area (Å²) in [5.74, 6) is 0.403. The van der Waals surface area contributed by atoms with Gasteiger partial charge in [0.25, 0.3) is 0 Å². The minimum Gasteiger partial charge on any atom is -0.340 e. The molecule has 0 aliphatic rings. The first kappa shape index (κ1) is 13.0. The predicted molar refractivity (Wildman–Crippen MR) is 73.2 cm³/mol. The molecular weight excluding hydrogens is 297 g/mol. The smallest absolute Gasteiger partial charge is 0.225 e. The van der Waals surface area contributed by atoms with Crippen LogP contribution in [0.25, 0.3) is 0 Å².